The molecule has 3 aromatic rings. The molecular formula is C30H31N4O3. The fourth-order valence-electron chi connectivity index (χ4n) is 6.50. The highest BCUT2D eigenvalue weighted by Gasteiger charge is 2.48. The Hall–Kier alpha value is -3.61. The van der Waals surface area contributed by atoms with Crippen LogP contribution in [0.1, 0.15) is 62.6 Å². The van der Waals surface area contributed by atoms with Gasteiger partial charge in [0.25, 0.3) is 5.56 Å². The Balaban J connectivity index is 1.45. The Bertz CT molecular complexity index is 1570. The molecule has 0 fully saturated rings. The maximum Gasteiger partial charge on any atom is 0.317 e. The predicted octanol–water partition coefficient (Wildman–Crippen LogP) is 5.04. The van der Waals surface area contributed by atoms with E-state index in [1.54, 1.807) is 0 Å². The molecule has 1 radical (unpaired) electrons. The first-order valence-electron chi connectivity index (χ1n) is 13.5. The van der Waals surface area contributed by atoms with E-state index in [1.165, 1.54) is 18.5 Å². The molecule has 0 amide bonds. The summed E-state index contributed by atoms with van der Waals surface area (Å²) in [5, 5.41) is 4.71. The van der Waals surface area contributed by atoms with Crippen LogP contribution < -0.4 is 15.8 Å². The van der Waals surface area contributed by atoms with Crippen molar-refractivity contribution in [3.63, 3.8) is 0 Å². The highest BCUT2D eigenvalue weighted by molar-refractivity contribution is 6.06. The number of esters is 1. The quantitative estimate of drug-likeness (QED) is 0.286. The van der Waals surface area contributed by atoms with E-state index in [4.69, 9.17) is 9.72 Å². The maximum absolute atomic E-state index is 13.9. The number of anilines is 2. The van der Waals surface area contributed by atoms with E-state index in [2.05, 4.69) is 35.3 Å². The van der Waals surface area contributed by atoms with E-state index in [0.717, 1.165) is 64.3 Å². The monoisotopic (exact) mass is 495 g/mol. The van der Waals surface area contributed by atoms with Crippen molar-refractivity contribution in [2.75, 3.05) is 23.4 Å². The van der Waals surface area contributed by atoms with E-state index < -0.39 is 5.41 Å². The molecule has 0 unspecified atom stereocenters. The minimum absolute atomic E-state index is 0.0353. The summed E-state index contributed by atoms with van der Waals surface area (Å²) in [6.45, 7) is 6.44. The Morgan fingerprint density at radius 2 is 2.03 bits per heavy atom. The number of rotatable bonds is 7. The number of nitrogens with one attached hydrogen (secondary N) is 1. The molecule has 37 heavy (non-hydrogen) atoms. The van der Waals surface area contributed by atoms with Crippen molar-refractivity contribution in [1.29, 1.82) is 0 Å². The minimum atomic E-state index is -0.835. The van der Waals surface area contributed by atoms with Gasteiger partial charge in [0, 0.05) is 29.6 Å². The van der Waals surface area contributed by atoms with Crippen molar-refractivity contribution in [1.82, 2.24) is 9.55 Å². The molecule has 0 saturated carbocycles. The summed E-state index contributed by atoms with van der Waals surface area (Å²) in [5.41, 5.74) is 7.67. The first kappa shape index (κ1) is 22.6. The summed E-state index contributed by atoms with van der Waals surface area (Å²) in [5.74, 6) is -0.231. The number of benzene rings is 1. The van der Waals surface area contributed by atoms with Crippen molar-refractivity contribution in [2.45, 2.75) is 64.5 Å². The Morgan fingerprint density at radius 3 is 2.81 bits per heavy atom. The molecule has 4 aliphatic rings. The van der Waals surface area contributed by atoms with Gasteiger partial charge in [-0.05, 0) is 43.0 Å². The number of carbonyl (C=O) groups excluding carboxylic acids is 1. The van der Waals surface area contributed by atoms with Crippen LogP contribution in [0.15, 0.2) is 40.7 Å². The zero-order valence-corrected chi connectivity index (χ0v) is 21.4. The smallest absolute Gasteiger partial charge is 0.317 e. The lowest BCUT2D eigenvalue weighted by Crippen LogP contribution is -2.44. The lowest BCUT2D eigenvalue weighted by Gasteiger charge is -2.36. The fraction of sp³-hybridized carbons (Fsp3) is 0.400. The molecule has 0 saturated heterocycles. The number of nitrogens with zero attached hydrogens (tertiary/aromatic N) is 3. The lowest BCUT2D eigenvalue weighted by atomic mass is 9.71. The van der Waals surface area contributed by atoms with Gasteiger partial charge in [-0.2, -0.15) is 0 Å². The number of aromatic nitrogens is 2. The van der Waals surface area contributed by atoms with Crippen molar-refractivity contribution < 1.29 is 9.53 Å². The molecule has 3 aliphatic heterocycles. The molecule has 0 bridgehead atoms. The van der Waals surface area contributed by atoms with Crippen molar-refractivity contribution in [2.24, 2.45) is 0 Å². The molecule has 0 spiro atoms. The molecule has 7 rings (SSSR count). The van der Waals surface area contributed by atoms with Crippen LogP contribution in [0, 0.1) is 6.42 Å². The van der Waals surface area contributed by atoms with E-state index >= 15 is 0 Å². The number of cyclic esters (lactones) is 1. The van der Waals surface area contributed by atoms with E-state index in [0.29, 0.717) is 24.9 Å². The van der Waals surface area contributed by atoms with Crippen LogP contribution in [0.3, 0.4) is 0 Å². The normalized spacial score (nSPS) is 20.6. The third-order valence-corrected chi connectivity index (χ3v) is 8.62. The zero-order valence-electron chi connectivity index (χ0n) is 21.4. The van der Waals surface area contributed by atoms with Crippen LogP contribution in [-0.4, -0.2) is 28.7 Å². The number of ether oxygens (including phenoxy) is 1. The first-order valence-corrected chi connectivity index (χ1v) is 13.5. The van der Waals surface area contributed by atoms with Crippen LogP contribution in [0.25, 0.3) is 22.3 Å². The summed E-state index contributed by atoms with van der Waals surface area (Å²) in [7, 11) is 0. The molecule has 5 heterocycles. The fourth-order valence-corrected chi connectivity index (χ4v) is 6.50. The molecule has 1 atom stereocenters. The topological polar surface area (TPSA) is 76.5 Å². The Morgan fingerprint density at radius 1 is 1.16 bits per heavy atom. The van der Waals surface area contributed by atoms with Crippen LogP contribution in [0.4, 0.5) is 11.4 Å². The van der Waals surface area contributed by atoms with Crippen LogP contribution in [0.5, 0.6) is 0 Å². The van der Waals surface area contributed by atoms with Gasteiger partial charge in [0.05, 0.1) is 46.8 Å². The summed E-state index contributed by atoms with van der Waals surface area (Å²) < 4.78 is 7.48. The molecule has 1 N–H and O–H groups in total. The summed E-state index contributed by atoms with van der Waals surface area (Å²) >= 11 is 0. The lowest BCUT2D eigenvalue weighted by molar-refractivity contribution is -0.154. The Labute approximate surface area is 216 Å². The molecule has 2 aromatic heterocycles. The first-order chi connectivity index (χ1) is 18.1. The average molecular weight is 496 g/mol. The van der Waals surface area contributed by atoms with Crippen molar-refractivity contribution >= 4 is 28.2 Å². The van der Waals surface area contributed by atoms with Crippen LogP contribution in [0.2, 0.25) is 0 Å². The van der Waals surface area contributed by atoms with Gasteiger partial charge in [-0.1, -0.05) is 44.4 Å². The van der Waals surface area contributed by atoms with Gasteiger partial charge in [0.1, 0.15) is 6.61 Å². The number of unbranched alkanes of at least 4 members (excludes halogenated alkanes) is 2. The minimum Gasteiger partial charge on any atom is -0.460 e. The summed E-state index contributed by atoms with van der Waals surface area (Å²) in [6, 6.07) is 8.28. The third-order valence-electron chi connectivity index (χ3n) is 8.62. The number of carbonyl (C=O) groups is 1. The molecule has 1 aliphatic carbocycles. The predicted molar refractivity (Wildman–Crippen MR) is 145 cm³/mol. The van der Waals surface area contributed by atoms with E-state index in [-0.39, 0.29) is 18.1 Å². The highest BCUT2D eigenvalue weighted by Crippen LogP contribution is 2.48. The summed E-state index contributed by atoms with van der Waals surface area (Å²) in [4.78, 5) is 34.7. The highest BCUT2D eigenvalue weighted by atomic mass is 16.5. The van der Waals surface area contributed by atoms with Gasteiger partial charge >= 0.3 is 5.97 Å². The van der Waals surface area contributed by atoms with Gasteiger partial charge in [-0.25, -0.2) is 4.98 Å². The Kier molecular flexibility index (Phi) is 5.00. The largest absolute Gasteiger partial charge is 0.460 e. The van der Waals surface area contributed by atoms with Gasteiger partial charge < -0.3 is 19.5 Å². The summed E-state index contributed by atoms with van der Waals surface area (Å²) in [6.07, 6.45) is 8.69. The van der Waals surface area contributed by atoms with Gasteiger partial charge in [0.2, 0.25) is 0 Å². The second kappa shape index (κ2) is 8.20. The van der Waals surface area contributed by atoms with Crippen LogP contribution in [-0.2, 0) is 28.1 Å². The average Bonchev–Trinajstić information content (AvgIpc) is 3.65. The molecule has 7 nitrogen and oxygen atoms in total. The SMILES string of the molecule is CCCCCN1CNc2cccc3nc4c(c1c23)Cn1c-4cc2c(c1=O)COC(=O)[C@@]2(CC)CC1=C[CH]1. The number of allylic oxidation sites excluding steroid dienone is 2. The number of fused-ring (bicyclic) bond motifs is 5. The van der Waals surface area contributed by atoms with Crippen LogP contribution >= 0.6 is 0 Å². The maximum atomic E-state index is 13.9. The second-order valence-electron chi connectivity index (χ2n) is 10.7. The third kappa shape index (κ3) is 3.22. The van der Waals surface area contributed by atoms with E-state index in [9.17, 15) is 9.59 Å². The number of hydrogen-bond donors (Lipinski definition) is 1. The van der Waals surface area contributed by atoms with Gasteiger partial charge in [-0.3, -0.25) is 9.59 Å². The molecule has 1 aromatic carbocycles. The number of hydrogen-bond acceptors (Lipinski definition) is 6. The molecule has 7 heteroatoms. The standard InChI is InChI=1S/C30H31N4O3/c1-3-5-6-12-33-17-31-22-8-7-9-23-25(22)27(33)19-15-34-24(26(19)32-23)13-21-20(28(34)35)16-37-29(36)30(21,4-2)14-18-10-11-18/h7-11,13,31H,3-6,12,14-17H2,1-2H3/t30-/m0/s1. The molecule has 189 valence electrons. The second-order valence-corrected chi connectivity index (χ2v) is 10.7. The van der Waals surface area contributed by atoms with Crippen molar-refractivity contribution in [3.8, 4) is 11.4 Å². The van der Waals surface area contributed by atoms with Gasteiger partial charge in [-0.15, -0.1) is 0 Å². The number of pyridine rings is 2. The van der Waals surface area contributed by atoms with E-state index in [1.807, 2.05) is 30.1 Å². The van der Waals surface area contributed by atoms with Crippen molar-refractivity contribution in [3.05, 3.63) is 69.4 Å². The zero-order chi connectivity index (χ0) is 25.3. The molecular weight excluding hydrogens is 464 g/mol. The van der Waals surface area contributed by atoms with Gasteiger partial charge in [0.15, 0.2) is 0 Å².